The maximum absolute atomic E-state index is 5.24. The third kappa shape index (κ3) is 3.79. The highest BCUT2D eigenvalue weighted by Gasteiger charge is 2.10. The van der Waals surface area contributed by atoms with Crippen molar-refractivity contribution in [3.05, 3.63) is 23.9 Å². The monoisotopic (exact) mass is 224 g/mol. The Bertz CT molecular complexity index is 318. The minimum atomic E-state index is 0.186. The molecule has 4 nitrogen and oxygen atoms in total. The van der Waals surface area contributed by atoms with Gasteiger partial charge in [-0.25, -0.2) is 4.98 Å². The Morgan fingerprint density at radius 2 is 2.06 bits per heavy atom. The molecule has 0 saturated carbocycles. The second kappa shape index (κ2) is 6.45. The van der Waals surface area contributed by atoms with Gasteiger partial charge in [-0.05, 0) is 19.9 Å². The van der Waals surface area contributed by atoms with Gasteiger partial charge in [-0.1, -0.05) is 6.07 Å². The number of rotatable bonds is 6. The molecule has 4 heteroatoms. The standard InChI is InChI=1S/C12H20N2O2/c1-9(10(2)15-3)13-8-11-6-5-7-12(14-11)16-4/h5-7,9-10,13H,8H2,1-4H3. The first-order valence-corrected chi connectivity index (χ1v) is 5.43. The van der Waals surface area contributed by atoms with Crippen LogP contribution < -0.4 is 10.1 Å². The van der Waals surface area contributed by atoms with Crippen LogP contribution in [0.15, 0.2) is 18.2 Å². The Hall–Kier alpha value is -1.13. The average molecular weight is 224 g/mol. The van der Waals surface area contributed by atoms with Crippen LogP contribution in [0.1, 0.15) is 19.5 Å². The topological polar surface area (TPSA) is 43.4 Å². The number of methoxy groups -OCH3 is 2. The molecule has 0 aromatic carbocycles. The average Bonchev–Trinajstić information content (AvgIpc) is 2.35. The van der Waals surface area contributed by atoms with Crippen molar-refractivity contribution in [2.75, 3.05) is 14.2 Å². The van der Waals surface area contributed by atoms with E-state index in [0.717, 1.165) is 5.69 Å². The van der Waals surface area contributed by atoms with Crippen LogP contribution in [-0.2, 0) is 11.3 Å². The molecule has 2 atom stereocenters. The van der Waals surface area contributed by atoms with Gasteiger partial charge in [0.1, 0.15) is 0 Å². The van der Waals surface area contributed by atoms with Crippen LogP contribution in [0.3, 0.4) is 0 Å². The Balaban J connectivity index is 2.47. The molecule has 0 aliphatic heterocycles. The number of hydrogen-bond donors (Lipinski definition) is 1. The first-order chi connectivity index (χ1) is 7.67. The largest absolute Gasteiger partial charge is 0.481 e. The van der Waals surface area contributed by atoms with Gasteiger partial charge in [0.25, 0.3) is 0 Å². The molecule has 0 fully saturated rings. The minimum absolute atomic E-state index is 0.186. The Labute approximate surface area is 97.0 Å². The molecule has 0 radical (unpaired) electrons. The van der Waals surface area contributed by atoms with Gasteiger partial charge in [0, 0.05) is 25.8 Å². The van der Waals surface area contributed by atoms with Crippen molar-refractivity contribution in [3.8, 4) is 5.88 Å². The lowest BCUT2D eigenvalue weighted by atomic mass is 10.2. The van der Waals surface area contributed by atoms with Crippen LogP contribution in [0.25, 0.3) is 0 Å². The lowest BCUT2D eigenvalue weighted by Crippen LogP contribution is -2.36. The number of pyridine rings is 1. The zero-order chi connectivity index (χ0) is 12.0. The molecule has 1 N–H and O–H groups in total. The van der Waals surface area contributed by atoms with E-state index < -0.39 is 0 Å². The molecule has 0 spiro atoms. The second-order valence-corrected chi connectivity index (χ2v) is 3.78. The predicted molar refractivity (Wildman–Crippen MR) is 63.6 cm³/mol. The molecule has 0 aliphatic carbocycles. The van der Waals surface area contributed by atoms with Gasteiger partial charge in [0.05, 0.1) is 18.9 Å². The molecule has 1 aromatic heterocycles. The van der Waals surface area contributed by atoms with Crippen molar-refractivity contribution >= 4 is 0 Å². The molecule has 90 valence electrons. The normalized spacial score (nSPS) is 14.5. The molecule has 0 aliphatic rings. The van der Waals surface area contributed by atoms with Crippen molar-refractivity contribution in [1.29, 1.82) is 0 Å². The Morgan fingerprint density at radius 1 is 1.31 bits per heavy atom. The predicted octanol–water partition coefficient (Wildman–Crippen LogP) is 1.60. The highest BCUT2D eigenvalue weighted by Crippen LogP contribution is 2.07. The molecule has 0 amide bonds. The maximum atomic E-state index is 5.24. The van der Waals surface area contributed by atoms with E-state index in [1.807, 2.05) is 25.1 Å². The maximum Gasteiger partial charge on any atom is 0.213 e. The molecule has 16 heavy (non-hydrogen) atoms. The van der Waals surface area contributed by atoms with Crippen LogP contribution in [0, 0.1) is 0 Å². The molecule has 0 bridgehead atoms. The number of nitrogens with one attached hydrogen (secondary N) is 1. The second-order valence-electron chi connectivity index (χ2n) is 3.78. The molecular weight excluding hydrogens is 204 g/mol. The molecule has 2 unspecified atom stereocenters. The molecule has 1 rings (SSSR count). The summed E-state index contributed by atoms with van der Waals surface area (Å²) in [5.74, 6) is 0.645. The van der Waals surface area contributed by atoms with Crippen LogP contribution in [0.5, 0.6) is 5.88 Å². The third-order valence-electron chi connectivity index (χ3n) is 2.67. The van der Waals surface area contributed by atoms with E-state index in [0.29, 0.717) is 12.4 Å². The van der Waals surface area contributed by atoms with Crippen molar-refractivity contribution in [1.82, 2.24) is 10.3 Å². The fraction of sp³-hybridized carbons (Fsp3) is 0.583. The summed E-state index contributed by atoms with van der Waals surface area (Å²) in [7, 11) is 3.34. The Kier molecular flexibility index (Phi) is 5.22. The molecule has 1 heterocycles. The van der Waals surface area contributed by atoms with Crippen molar-refractivity contribution in [3.63, 3.8) is 0 Å². The van der Waals surface area contributed by atoms with Gasteiger partial charge in [-0.3, -0.25) is 0 Å². The first-order valence-electron chi connectivity index (χ1n) is 5.43. The van der Waals surface area contributed by atoms with Crippen LogP contribution in [0.4, 0.5) is 0 Å². The smallest absolute Gasteiger partial charge is 0.213 e. The number of ether oxygens (including phenoxy) is 2. The fourth-order valence-electron chi connectivity index (χ4n) is 1.31. The highest BCUT2D eigenvalue weighted by atomic mass is 16.5. The third-order valence-corrected chi connectivity index (χ3v) is 2.67. The van der Waals surface area contributed by atoms with Crippen molar-refractivity contribution < 1.29 is 9.47 Å². The van der Waals surface area contributed by atoms with E-state index in [9.17, 15) is 0 Å². The summed E-state index contributed by atoms with van der Waals surface area (Å²) in [5.41, 5.74) is 0.967. The van der Waals surface area contributed by atoms with Crippen molar-refractivity contribution in [2.24, 2.45) is 0 Å². The SMILES string of the molecule is COc1cccc(CNC(C)C(C)OC)n1. The van der Waals surface area contributed by atoms with Gasteiger partial charge in [0.2, 0.25) is 5.88 Å². The van der Waals surface area contributed by atoms with Crippen molar-refractivity contribution in [2.45, 2.75) is 32.5 Å². The summed E-state index contributed by atoms with van der Waals surface area (Å²) in [5, 5.41) is 3.36. The van der Waals surface area contributed by atoms with E-state index in [-0.39, 0.29) is 12.1 Å². The van der Waals surface area contributed by atoms with Gasteiger partial charge >= 0.3 is 0 Å². The first kappa shape index (κ1) is 12.9. The summed E-state index contributed by atoms with van der Waals surface area (Å²) in [4.78, 5) is 4.32. The molecule has 1 aromatic rings. The van der Waals surface area contributed by atoms with Crippen LogP contribution in [0.2, 0.25) is 0 Å². The fourth-order valence-corrected chi connectivity index (χ4v) is 1.31. The number of aromatic nitrogens is 1. The quantitative estimate of drug-likeness (QED) is 0.797. The molecular formula is C12H20N2O2. The van der Waals surface area contributed by atoms with Crippen LogP contribution in [-0.4, -0.2) is 31.3 Å². The van der Waals surface area contributed by atoms with Crippen LogP contribution >= 0.6 is 0 Å². The van der Waals surface area contributed by atoms with E-state index in [1.54, 1.807) is 14.2 Å². The van der Waals surface area contributed by atoms with E-state index in [1.165, 1.54) is 0 Å². The summed E-state index contributed by atoms with van der Waals surface area (Å²) < 4.78 is 10.3. The number of nitrogens with zero attached hydrogens (tertiary/aromatic N) is 1. The van der Waals surface area contributed by atoms with Gasteiger partial charge in [-0.2, -0.15) is 0 Å². The summed E-state index contributed by atoms with van der Waals surface area (Å²) >= 11 is 0. The van der Waals surface area contributed by atoms with E-state index in [4.69, 9.17) is 9.47 Å². The van der Waals surface area contributed by atoms with E-state index in [2.05, 4.69) is 17.2 Å². The molecule has 0 saturated heterocycles. The summed E-state index contributed by atoms with van der Waals surface area (Å²) in [6, 6.07) is 6.04. The minimum Gasteiger partial charge on any atom is -0.481 e. The summed E-state index contributed by atoms with van der Waals surface area (Å²) in [6.45, 7) is 4.84. The highest BCUT2D eigenvalue weighted by molar-refractivity contribution is 5.15. The van der Waals surface area contributed by atoms with Gasteiger partial charge in [0.15, 0.2) is 0 Å². The zero-order valence-corrected chi connectivity index (χ0v) is 10.4. The van der Waals surface area contributed by atoms with Gasteiger partial charge < -0.3 is 14.8 Å². The van der Waals surface area contributed by atoms with Gasteiger partial charge in [-0.15, -0.1) is 0 Å². The lowest BCUT2D eigenvalue weighted by molar-refractivity contribution is 0.0881. The summed E-state index contributed by atoms with van der Waals surface area (Å²) in [6.07, 6.45) is 0.186. The lowest BCUT2D eigenvalue weighted by Gasteiger charge is -2.19. The number of hydrogen-bond acceptors (Lipinski definition) is 4. The Morgan fingerprint density at radius 3 is 2.69 bits per heavy atom. The van der Waals surface area contributed by atoms with E-state index >= 15 is 0 Å². The zero-order valence-electron chi connectivity index (χ0n) is 10.4.